The molecule has 0 aromatic carbocycles. The van der Waals surface area contributed by atoms with Gasteiger partial charge in [0.05, 0.1) is 11.2 Å². The fourth-order valence-corrected chi connectivity index (χ4v) is 4.55. The van der Waals surface area contributed by atoms with Crippen molar-refractivity contribution in [3.05, 3.63) is 0 Å². The zero-order valence-corrected chi connectivity index (χ0v) is 19.5. The van der Waals surface area contributed by atoms with Crippen molar-refractivity contribution in [3.63, 3.8) is 0 Å². The lowest BCUT2D eigenvalue weighted by atomic mass is 9.97. The molecule has 12 heteroatoms. The summed E-state index contributed by atoms with van der Waals surface area (Å²) >= 11 is 0. The van der Waals surface area contributed by atoms with Gasteiger partial charge in [-0.1, -0.05) is 7.43 Å². The molecular weight excluding hydrogens is 434 g/mol. The van der Waals surface area contributed by atoms with Crippen LogP contribution in [-0.2, 0) is 27.8 Å². The molecule has 10 nitrogen and oxygen atoms in total. The molecule has 2 atom stereocenters. The van der Waals surface area contributed by atoms with Gasteiger partial charge in [-0.3, -0.25) is 18.6 Å². The molecule has 0 rings (SSSR count). The second-order valence-corrected chi connectivity index (χ2v) is 11.1. The monoisotopic (exact) mass is 474 g/mol. The lowest BCUT2D eigenvalue weighted by molar-refractivity contribution is -0.120. The Labute approximate surface area is 180 Å². The van der Waals surface area contributed by atoms with Crippen molar-refractivity contribution in [3.8, 4) is 0 Å². The largest absolute Gasteiger partial charge is 0.400 e. The smallest absolute Gasteiger partial charge is 0.313 e. The number of carbonyl (C=O) groups excluding carboxylic acids is 2. The van der Waals surface area contributed by atoms with Crippen LogP contribution in [0.1, 0.15) is 92.9 Å². The fourth-order valence-electron chi connectivity index (χ4n) is 2.95. The van der Waals surface area contributed by atoms with Crippen LogP contribution in [0, 0.1) is 0 Å². The van der Waals surface area contributed by atoms with E-state index in [1.165, 1.54) is 0 Å². The molecule has 0 amide bonds. The van der Waals surface area contributed by atoms with Gasteiger partial charge in [-0.2, -0.15) is 0 Å². The normalized spacial score (nSPS) is 16.3. The third kappa shape index (κ3) is 19.5. The van der Waals surface area contributed by atoms with Crippen LogP contribution in [0.3, 0.4) is 0 Å². The average Bonchev–Trinajstić information content (AvgIpc) is 2.41. The Morgan fingerprint density at radius 1 is 0.733 bits per heavy atom. The van der Waals surface area contributed by atoms with E-state index < -0.39 is 26.7 Å². The van der Waals surface area contributed by atoms with E-state index >= 15 is 0 Å². The molecule has 0 aromatic heterocycles. The maximum atomic E-state index is 11.9. The van der Waals surface area contributed by atoms with E-state index in [0.29, 0.717) is 44.9 Å². The molecule has 30 heavy (non-hydrogen) atoms. The van der Waals surface area contributed by atoms with Crippen molar-refractivity contribution in [2.45, 2.75) is 104 Å². The van der Waals surface area contributed by atoms with Crippen LogP contribution in [0.5, 0.6) is 0 Å². The van der Waals surface area contributed by atoms with Gasteiger partial charge in [-0.15, -0.1) is 0 Å². The summed E-state index contributed by atoms with van der Waals surface area (Å²) in [5.74, 6) is 0.0365. The second kappa shape index (κ2) is 13.2. The summed E-state index contributed by atoms with van der Waals surface area (Å²) in [6.07, 6.45) is 3.42. The van der Waals surface area contributed by atoms with Gasteiger partial charge in [-0.25, -0.2) is 20.1 Å². The molecule has 0 heterocycles. The highest BCUT2D eigenvalue weighted by molar-refractivity contribution is 7.50. The maximum Gasteiger partial charge on any atom is 0.400 e. The zero-order valence-electron chi connectivity index (χ0n) is 17.8. The van der Waals surface area contributed by atoms with Crippen LogP contribution in [-0.4, -0.2) is 32.6 Å². The fraction of sp³-hybridized carbons (Fsp3) is 0.889. The Hall–Kier alpha value is -0.440. The first-order valence-corrected chi connectivity index (χ1v) is 12.9. The molecule has 0 aromatic rings. The highest BCUT2D eigenvalue weighted by atomic mass is 31.2. The van der Waals surface area contributed by atoms with Crippen molar-refractivity contribution in [1.82, 2.24) is 0 Å². The van der Waals surface area contributed by atoms with Crippen LogP contribution < -0.4 is 11.0 Å². The minimum Gasteiger partial charge on any atom is -0.313 e. The predicted molar refractivity (Wildman–Crippen MR) is 117 cm³/mol. The molecule has 6 N–H and O–H groups in total. The number of nitrogens with two attached hydrogens (primary N) is 2. The molecule has 0 saturated heterocycles. The van der Waals surface area contributed by atoms with Crippen molar-refractivity contribution in [2.24, 2.45) is 11.0 Å². The number of Topliss-reactive ketones (excluding diaryl/α,β-unsaturated/α-hetero) is 2. The van der Waals surface area contributed by atoms with Crippen LogP contribution >= 0.6 is 15.5 Å². The topological polar surface area (TPSA) is 179 Å². The lowest BCUT2D eigenvalue weighted by Gasteiger charge is -2.25. The molecule has 180 valence electrons. The van der Waals surface area contributed by atoms with E-state index in [1.807, 2.05) is 0 Å². The standard InChI is InChI=1S/C17H36N2O8P2.CH4/c1-16(2,26-28(18,22)23)12-6-10-14(20)8-5-9-15(21)11-7-13-17(3,4)27-29(19,24)25;/h5-13H2,1-4H3,(H3,18,22,23)(H3,19,24,25);1H4. The lowest BCUT2D eigenvalue weighted by Crippen LogP contribution is -2.24. The zero-order chi connectivity index (χ0) is 22.9. The number of rotatable bonds is 16. The summed E-state index contributed by atoms with van der Waals surface area (Å²) in [4.78, 5) is 42.0. The predicted octanol–water partition coefficient (Wildman–Crippen LogP) is 3.98. The summed E-state index contributed by atoms with van der Waals surface area (Å²) in [5, 5.41) is 0. The maximum absolute atomic E-state index is 11.9. The van der Waals surface area contributed by atoms with Gasteiger partial charge in [0.2, 0.25) is 0 Å². The molecule has 0 bridgehead atoms. The van der Waals surface area contributed by atoms with Gasteiger partial charge in [0, 0.05) is 25.7 Å². The number of carbonyl (C=O) groups is 2. The van der Waals surface area contributed by atoms with Crippen molar-refractivity contribution in [1.29, 1.82) is 0 Å². The molecule has 0 aliphatic rings. The molecule has 0 fully saturated rings. The minimum absolute atomic E-state index is 0. The molecule has 0 spiro atoms. The Bertz CT molecular complexity index is 586. The van der Waals surface area contributed by atoms with E-state index in [-0.39, 0.29) is 31.8 Å². The minimum atomic E-state index is -4.07. The van der Waals surface area contributed by atoms with Crippen molar-refractivity contribution < 1.29 is 37.6 Å². The van der Waals surface area contributed by atoms with E-state index in [9.17, 15) is 18.7 Å². The van der Waals surface area contributed by atoms with Crippen LogP contribution in [0.2, 0.25) is 0 Å². The summed E-state index contributed by atoms with van der Waals surface area (Å²) in [6, 6.07) is 0. The van der Waals surface area contributed by atoms with Crippen LogP contribution in [0.25, 0.3) is 0 Å². The van der Waals surface area contributed by atoms with Gasteiger partial charge in [-0.05, 0) is 59.8 Å². The van der Waals surface area contributed by atoms with Crippen LogP contribution in [0.15, 0.2) is 0 Å². The van der Waals surface area contributed by atoms with Gasteiger partial charge in [0.25, 0.3) is 0 Å². The van der Waals surface area contributed by atoms with Gasteiger partial charge < -0.3 is 9.79 Å². The van der Waals surface area contributed by atoms with Crippen molar-refractivity contribution in [2.75, 3.05) is 0 Å². The number of hydrogen-bond acceptors (Lipinski definition) is 6. The first-order valence-electron chi connectivity index (χ1n) is 9.58. The molecule has 0 aliphatic carbocycles. The van der Waals surface area contributed by atoms with E-state index in [2.05, 4.69) is 0 Å². The first-order chi connectivity index (χ1) is 12.9. The summed E-state index contributed by atoms with van der Waals surface area (Å²) in [7, 11) is -8.15. The van der Waals surface area contributed by atoms with E-state index in [1.54, 1.807) is 27.7 Å². The quantitative estimate of drug-likeness (QED) is 0.239. The van der Waals surface area contributed by atoms with Crippen LogP contribution in [0.4, 0.5) is 0 Å². The second-order valence-electron chi connectivity index (χ2n) is 8.47. The molecule has 2 unspecified atom stereocenters. The van der Waals surface area contributed by atoms with Crippen molar-refractivity contribution >= 4 is 27.1 Å². The van der Waals surface area contributed by atoms with Gasteiger partial charge in [0.15, 0.2) is 0 Å². The molecule has 0 aliphatic heterocycles. The highest BCUT2D eigenvalue weighted by Gasteiger charge is 2.28. The van der Waals surface area contributed by atoms with E-state index in [0.717, 1.165) is 0 Å². The SMILES string of the molecule is C.CC(C)(CCCC(=O)CCCC(=O)CCCC(C)(C)OP(N)(=O)O)OP(N)(=O)O. The third-order valence-electron chi connectivity index (χ3n) is 4.14. The third-order valence-corrected chi connectivity index (χ3v) is 5.65. The Balaban J connectivity index is 0. The molecular formula is C18H40N2O8P2. The van der Waals surface area contributed by atoms with Gasteiger partial charge >= 0.3 is 15.5 Å². The Morgan fingerprint density at radius 2 is 1.00 bits per heavy atom. The average molecular weight is 474 g/mol. The summed E-state index contributed by atoms with van der Waals surface area (Å²) < 4.78 is 32.0. The highest BCUT2D eigenvalue weighted by Crippen LogP contribution is 2.40. The summed E-state index contributed by atoms with van der Waals surface area (Å²) in [6.45, 7) is 6.52. The molecule has 0 radical (unpaired) electrons. The number of ketones is 2. The Morgan fingerprint density at radius 3 is 1.27 bits per heavy atom. The first kappa shape index (κ1) is 31.7. The number of hydrogen-bond donors (Lipinski definition) is 4. The van der Waals surface area contributed by atoms with Gasteiger partial charge in [0.1, 0.15) is 11.6 Å². The molecule has 0 saturated carbocycles. The Kier molecular flexibility index (Phi) is 14.0. The summed E-state index contributed by atoms with van der Waals surface area (Å²) in [5.41, 5.74) is 8.17. The van der Waals surface area contributed by atoms with E-state index in [4.69, 9.17) is 29.8 Å².